The number of Topliss-reactive ketones (excluding diaryl/α,β-unsaturated/α-hetero) is 2. The predicted octanol–water partition coefficient (Wildman–Crippen LogP) is 2.62. The van der Waals surface area contributed by atoms with Gasteiger partial charge in [0.15, 0.2) is 11.6 Å². The number of carbonyl (C=O) groups excluding carboxylic acids is 4. The molecule has 2 heterocycles. The molecule has 0 saturated carbocycles. The van der Waals surface area contributed by atoms with Gasteiger partial charge < -0.3 is 10.1 Å². The Bertz CT molecular complexity index is 1000. The number of fused-ring (bicyclic) bond motifs is 1. The van der Waals surface area contributed by atoms with E-state index in [2.05, 4.69) is 10.3 Å². The number of benzene rings is 1. The van der Waals surface area contributed by atoms with Gasteiger partial charge in [-0.25, -0.2) is 9.78 Å². The summed E-state index contributed by atoms with van der Waals surface area (Å²) in [6.45, 7) is 1.97. The average Bonchev–Trinajstić information content (AvgIpc) is 3.35. The second kappa shape index (κ2) is 8.35. The number of aromatic nitrogens is 1. The highest BCUT2D eigenvalue weighted by Gasteiger charge is 2.35. The zero-order valence-corrected chi connectivity index (χ0v) is 17.2. The van der Waals surface area contributed by atoms with Crippen molar-refractivity contribution >= 4 is 40.6 Å². The van der Waals surface area contributed by atoms with E-state index >= 15 is 0 Å². The molecule has 8 nitrogen and oxygen atoms in total. The first-order valence-electron chi connectivity index (χ1n) is 9.76. The number of nitrogens with one attached hydrogen (secondary N) is 1. The highest BCUT2D eigenvalue weighted by Crippen LogP contribution is 2.31. The summed E-state index contributed by atoms with van der Waals surface area (Å²) in [7, 11) is 0. The van der Waals surface area contributed by atoms with Crippen LogP contribution < -0.4 is 10.2 Å². The van der Waals surface area contributed by atoms with Crippen LogP contribution >= 0.6 is 11.3 Å². The Balaban J connectivity index is 1.53. The van der Waals surface area contributed by atoms with E-state index in [0.29, 0.717) is 42.8 Å². The van der Waals surface area contributed by atoms with Crippen molar-refractivity contribution in [3.8, 4) is 0 Å². The Labute approximate surface area is 177 Å². The third kappa shape index (κ3) is 3.97. The lowest BCUT2D eigenvalue weighted by Gasteiger charge is -2.16. The Hall–Kier alpha value is -3.07. The van der Waals surface area contributed by atoms with Crippen LogP contribution in [-0.4, -0.2) is 47.7 Å². The van der Waals surface area contributed by atoms with Gasteiger partial charge in [-0.1, -0.05) is 0 Å². The van der Waals surface area contributed by atoms with Gasteiger partial charge in [-0.2, -0.15) is 0 Å². The Morgan fingerprint density at radius 2 is 2.17 bits per heavy atom. The largest absolute Gasteiger partial charge is 0.442 e. The third-order valence-corrected chi connectivity index (χ3v) is 5.96. The fourth-order valence-corrected chi connectivity index (χ4v) is 4.41. The van der Waals surface area contributed by atoms with Gasteiger partial charge in [-0.15, -0.1) is 11.3 Å². The summed E-state index contributed by atoms with van der Waals surface area (Å²) in [5.74, 6) is -1.34. The van der Waals surface area contributed by atoms with Crippen LogP contribution in [0, 0.1) is 5.92 Å². The van der Waals surface area contributed by atoms with Crippen LogP contribution in [0.5, 0.6) is 0 Å². The maximum absolute atomic E-state index is 13.1. The standard InChI is InChI=1S/C21H21N3O5S/c1-12(25)22-8-15-9-24(21(28)29-15)14-5-6-16-13(7-14)3-2-4-17(19(16)26)20(27)18-10-30-11-23-18/h5-7,10-11,15,17H,2-4,8-9H2,1H3,(H,22,25)/t15-,17+/m0/s1. The van der Waals surface area contributed by atoms with E-state index in [1.807, 2.05) is 6.07 Å². The van der Waals surface area contributed by atoms with Gasteiger partial charge in [0, 0.05) is 23.6 Å². The lowest BCUT2D eigenvalue weighted by molar-refractivity contribution is -0.119. The molecule has 1 aromatic carbocycles. The van der Waals surface area contributed by atoms with Crippen molar-refractivity contribution in [2.24, 2.45) is 5.92 Å². The molecule has 156 valence electrons. The first-order valence-corrected chi connectivity index (χ1v) is 10.7. The van der Waals surface area contributed by atoms with E-state index in [1.54, 1.807) is 23.0 Å². The monoisotopic (exact) mass is 427 g/mol. The van der Waals surface area contributed by atoms with E-state index in [-0.39, 0.29) is 24.0 Å². The molecule has 9 heteroatoms. The summed E-state index contributed by atoms with van der Waals surface area (Å²) in [6.07, 6.45) is 0.902. The minimum absolute atomic E-state index is 0.185. The number of hydrogen-bond acceptors (Lipinski definition) is 7. The number of anilines is 1. The normalized spacial score (nSPS) is 21.0. The fraction of sp³-hybridized carbons (Fsp3) is 0.381. The lowest BCUT2D eigenvalue weighted by atomic mass is 9.90. The minimum atomic E-state index is -0.724. The molecule has 30 heavy (non-hydrogen) atoms. The second-order valence-corrected chi connectivity index (χ2v) is 8.16. The van der Waals surface area contributed by atoms with Gasteiger partial charge in [0.05, 0.1) is 24.5 Å². The first kappa shape index (κ1) is 20.2. The highest BCUT2D eigenvalue weighted by molar-refractivity contribution is 7.07. The number of ketones is 2. The Kier molecular flexibility index (Phi) is 5.63. The van der Waals surface area contributed by atoms with Crippen molar-refractivity contribution in [2.45, 2.75) is 32.3 Å². The number of cyclic esters (lactones) is 1. The maximum Gasteiger partial charge on any atom is 0.414 e. The number of thiazole rings is 1. The fourth-order valence-electron chi connectivity index (χ4n) is 3.87. The summed E-state index contributed by atoms with van der Waals surface area (Å²) < 4.78 is 5.31. The molecule has 0 unspecified atom stereocenters. The van der Waals surface area contributed by atoms with E-state index < -0.39 is 18.1 Å². The molecule has 0 spiro atoms. The summed E-state index contributed by atoms with van der Waals surface area (Å²) in [5, 5.41) is 4.31. The molecule has 0 radical (unpaired) electrons. The zero-order valence-electron chi connectivity index (χ0n) is 16.4. The Morgan fingerprint density at radius 3 is 2.90 bits per heavy atom. The number of amides is 2. The quantitative estimate of drug-likeness (QED) is 0.447. The van der Waals surface area contributed by atoms with E-state index in [0.717, 1.165) is 5.56 Å². The maximum atomic E-state index is 13.1. The van der Waals surface area contributed by atoms with Crippen molar-refractivity contribution < 1.29 is 23.9 Å². The first-order chi connectivity index (χ1) is 14.4. The van der Waals surface area contributed by atoms with Crippen LogP contribution in [0.25, 0.3) is 0 Å². The van der Waals surface area contributed by atoms with Crippen LogP contribution in [0.1, 0.15) is 46.2 Å². The number of aryl methyl sites for hydroxylation is 1. The summed E-state index contributed by atoms with van der Waals surface area (Å²) in [4.78, 5) is 54.7. The van der Waals surface area contributed by atoms with Crippen molar-refractivity contribution in [1.29, 1.82) is 0 Å². The van der Waals surface area contributed by atoms with E-state index in [1.165, 1.54) is 23.2 Å². The van der Waals surface area contributed by atoms with E-state index in [4.69, 9.17) is 4.74 Å². The summed E-state index contributed by atoms with van der Waals surface area (Å²) in [5.41, 5.74) is 3.91. The topological polar surface area (TPSA) is 106 Å². The molecule has 2 aromatic rings. The second-order valence-electron chi connectivity index (χ2n) is 7.44. The predicted molar refractivity (Wildman–Crippen MR) is 110 cm³/mol. The molecule has 1 saturated heterocycles. The molecule has 0 bridgehead atoms. The third-order valence-electron chi connectivity index (χ3n) is 5.38. The lowest BCUT2D eigenvalue weighted by Crippen LogP contribution is -2.33. The number of rotatable bonds is 5. The van der Waals surface area contributed by atoms with Crippen molar-refractivity contribution in [3.63, 3.8) is 0 Å². The van der Waals surface area contributed by atoms with Crippen LogP contribution in [0.3, 0.4) is 0 Å². The van der Waals surface area contributed by atoms with Gasteiger partial charge in [-0.3, -0.25) is 19.3 Å². The van der Waals surface area contributed by atoms with Crippen LogP contribution in [-0.2, 0) is 16.0 Å². The number of nitrogens with zero attached hydrogens (tertiary/aromatic N) is 2. The van der Waals surface area contributed by atoms with Crippen LogP contribution in [0.15, 0.2) is 29.1 Å². The Morgan fingerprint density at radius 1 is 1.33 bits per heavy atom. The number of ether oxygens (including phenoxy) is 1. The van der Waals surface area contributed by atoms with Crippen molar-refractivity contribution in [1.82, 2.24) is 10.3 Å². The highest BCUT2D eigenvalue weighted by atomic mass is 32.1. The van der Waals surface area contributed by atoms with Gasteiger partial charge >= 0.3 is 6.09 Å². The molecule has 1 aromatic heterocycles. The smallest absolute Gasteiger partial charge is 0.414 e. The van der Waals surface area contributed by atoms with Crippen LogP contribution in [0.4, 0.5) is 10.5 Å². The summed E-state index contributed by atoms with van der Waals surface area (Å²) in [6, 6.07) is 5.22. The number of hydrogen-bond donors (Lipinski definition) is 1. The molecule has 1 aliphatic carbocycles. The zero-order chi connectivity index (χ0) is 21.3. The van der Waals surface area contributed by atoms with Crippen molar-refractivity contribution in [3.05, 3.63) is 45.9 Å². The molecular weight excluding hydrogens is 406 g/mol. The molecule has 1 aliphatic heterocycles. The molecule has 4 rings (SSSR count). The van der Waals surface area contributed by atoms with E-state index in [9.17, 15) is 19.2 Å². The van der Waals surface area contributed by atoms with Crippen LogP contribution in [0.2, 0.25) is 0 Å². The minimum Gasteiger partial charge on any atom is -0.442 e. The molecule has 2 amide bonds. The van der Waals surface area contributed by atoms with Gasteiger partial charge in [0.1, 0.15) is 11.8 Å². The molecule has 2 atom stereocenters. The molecule has 2 aliphatic rings. The molecular formula is C21H21N3O5S. The molecule has 1 fully saturated rings. The van der Waals surface area contributed by atoms with Gasteiger partial charge in [0.2, 0.25) is 5.91 Å². The number of carbonyl (C=O) groups is 4. The SMILES string of the molecule is CC(=O)NC[C@H]1CN(c2ccc3c(c2)CCC[C@@H](C(=O)c2cscn2)C3=O)C(=O)O1. The summed E-state index contributed by atoms with van der Waals surface area (Å²) >= 11 is 1.33. The molecule has 1 N–H and O–H groups in total. The van der Waals surface area contributed by atoms with Crippen molar-refractivity contribution in [2.75, 3.05) is 18.0 Å². The van der Waals surface area contributed by atoms with Gasteiger partial charge in [-0.05, 0) is 43.0 Å². The average molecular weight is 427 g/mol. The van der Waals surface area contributed by atoms with Gasteiger partial charge in [0.25, 0.3) is 0 Å².